The molecule has 0 aromatic heterocycles. The summed E-state index contributed by atoms with van der Waals surface area (Å²) in [5, 5.41) is 9.89. The number of rotatable bonds is 7. The van der Waals surface area contributed by atoms with Gasteiger partial charge in [-0.15, -0.1) is 0 Å². The lowest BCUT2D eigenvalue weighted by Crippen LogP contribution is -2.44. The Kier molecular flexibility index (Phi) is 6.21. The third-order valence-electron chi connectivity index (χ3n) is 3.39. The predicted molar refractivity (Wildman–Crippen MR) is 84.4 cm³/mol. The van der Waals surface area contributed by atoms with E-state index >= 15 is 0 Å². The maximum absolute atomic E-state index is 12.5. The molecule has 1 N–H and O–H groups in total. The van der Waals surface area contributed by atoms with Gasteiger partial charge in [0, 0.05) is 19.0 Å². The van der Waals surface area contributed by atoms with Crippen molar-refractivity contribution in [1.82, 2.24) is 4.90 Å². The van der Waals surface area contributed by atoms with E-state index in [9.17, 15) is 9.90 Å². The van der Waals surface area contributed by atoms with Crippen LogP contribution in [0.5, 0.6) is 5.75 Å². The van der Waals surface area contributed by atoms with Gasteiger partial charge in [0.1, 0.15) is 5.75 Å². The Bertz CT molecular complexity index is 448. The van der Waals surface area contributed by atoms with Gasteiger partial charge >= 0.3 is 0 Å². The molecule has 1 amide bonds. The van der Waals surface area contributed by atoms with Crippen molar-refractivity contribution in [1.29, 1.82) is 0 Å². The average Bonchev–Trinajstić information content (AvgIpc) is 2.43. The monoisotopic (exact) mass is 293 g/mol. The molecule has 1 aromatic carbocycles. The first-order valence-corrected chi connectivity index (χ1v) is 7.41. The number of carbonyl (C=O) groups is 1. The summed E-state index contributed by atoms with van der Waals surface area (Å²) in [6.07, 6.45) is 0.686. The lowest BCUT2D eigenvalue weighted by atomic mass is 9.99. The van der Waals surface area contributed by atoms with Crippen molar-refractivity contribution in [3.05, 3.63) is 29.8 Å². The van der Waals surface area contributed by atoms with Crippen molar-refractivity contribution in [2.75, 3.05) is 20.2 Å². The Morgan fingerprint density at radius 2 is 1.90 bits per heavy atom. The van der Waals surface area contributed by atoms with Crippen LogP contribution in [0.15, 0.2) is 24.3 Å². The van der Waals surface area contributed by atoms with Crippen molar-refractivity contribution in [3.63, 3.8) is 0 Å². The molecule has 0 radical (unpaired) electrons. The molecule has 0 aliphatic carbocycles. The molecule has 0 aliphatic rings. The molecular formula is C17H27NO3. The molecule has 1 unspecified atom stereocenters. The van der Waals surface area contributed by atoms with Crippen LogP contribution < -0.4 is 4.74 Å². The molecule has 4 heteroatoms. The van der Waals surface area contributed by atoms with E-state index in [1.54, 1.807) is 25.9 Å². The molecule has 0 bridgehead atoms. The third-order valence-corrected chi connectivity index (χ3v) is 3.39. The molecule has 1 atom stereocenters. The highest BCUT2D eigenvalue weighted by atomic mass is 16.5. The molecule has 118 valence electrons. The van der Waals surface area contributed by atoms with Crippen molar-refractivity contribution >= 4 is 5.91 Å². The average molecular weight is 293 g/mol. The zero-order chi connectivity index (χ0) is 16.0. The second kappa shape index (κ2) is 7.46. The van der Waals surface area contributed by atoms with Gasteiger partial charge in [0.2, 0.25) is 5.91 Å². The smallest absolute Gasteiger partial charge is 0.225 e. The summed E-state index contributed by atoms with van der Waals surface area (Å²) in [4.78, 5) is 14.2. The van der Waals surface area contributed by atoms with E-state index in [-0.39, 0.29) is 11.8 Å². The van der Waals surface area contributed by atoms with E-state index in [1.165, 1.54) is 0 Å². The van der Waals surface area contributed by atoms with Crippen LogP contribution in [0.1, 0.15) is 33.3 Å². The largest absolute Gasteiger partial charge is 0.497 e. The van der Waals surface area contributed by atoms with Gasteiger partial charge in [0.05, 0.1) is 12.7 Å². The highest BCUT2D eigenvalue weighted by molar-refractivity contribution is 5.78. The molecule has 0 saturated carbocycles. The number of nitrogens with zero attached hydrogens (tertiary/aromatic N) is 1. The van der Waals surface area contributed by atoms with Gasteiger partial charge in [0.15, 0.2) is 0 Å². The molecule has 0 fully saturated rings. The first kappa shape index (κ1) is 17.5. The predicted octanol–water partition coefficient (Wildman–Crippen LogP) is 2.49. The van der Waals surface area contributed by atoms with Gasteiger partial charge in [0.25, 0.3) is 0 Å². The molecule has 0 heterocycles. The Hall–Kier alpha value is -1.55. The zero-order valence-corrected chi connectivity index (χ0v) is 13.7. The van der Waals surface area contributed by atoms with Crippen molar-refractivity contribution in [3.8, 4) is 5.75 Å². The van der Waals surface area contributed by atoms with Crippen LogP contribution in [0.3, 0.4) is 0 Å². The minimum atomic E-state index is -0.870. The maximum atomic E-state index is 12.5. The number of benzene rings is 1. The normalized spacial score (nSPS) is 12.9. The Morgan fingerprint density at radius 3 is 2.33 bits per heavy atom. The number of likely N-dealkylation sites (N-methyl/N-ethyl adjacent to an activating group) is 1. The first-order valence-electron chi connectivity index (χ1n) is 7.41. The molecule has 0 saturated heterocycles. The fourth-order valence-electron chi connectivity index (χ4n) is 2.33. The summed E-state index contributed by atoms with van der Waals surface area (Å²) in [5.41, 5.74) is 0.238. The van der Waals surface area contributed by atoms with E-state index in [0.717, 1.165) is 11.3 Å². The van der Waals surface area contributed by atoms with Crippen molar-refractivity contribution in [2.24, 2.45) is 5.92 Å². The van der Waals surface area contributed by atoms with Crippen molar-refractivity contribution in [2.45, 2.75) is 39.7 Å². The minimum absolute atomic E-state index is 0.0791. The molecular weight excluding hydrogens is 266 g/mol. The lowest BCUT2D eigenvalue weighted by molar-refractivity contribution is -0.137. The SMILES string of the molecule is CCN(CC(C)(C)O)C(=O)C(C)Cc1ccc(OC)cc1. The second-order valence-electron chi connectivity index (χ2n) is 6.12. The molecule has 0 spiro atoms. The highest BCUT2D eigenvalue weighted by Gasteiger charge is 2.24. The molecule has 4 nitrogen and oxygen atoms in total. The fourth-order valence-corrected chi connectivity index (χ4v) is 2.33. The fraction of sp³-hybridized carbons (Fsp3) is 0.588. The second-order valence-corrected chi connectivity index (χ2v) is 6.12. The topological polar surface area (TPSA) is 49.8 Å². The number of hydrogen-bond donors (Lipinski definition) is 1. The molecule has 0 aliphatic heterocycles. The third kappa shape index (κ3) is 5.76. The van der Waals surface area contributed by atoms with Crippen LogP contribution in [-0.4, -0.2) is 41.7 Å². The summed E-state index contributed by atoms with van der Waals surface area (Å²) < 4.78 is 5.13. The van der Waals surface area contributed by atoms with E-state index in [1.807, 2.05) is 38.1 Å². The van der Waals surface area contributed by atoms with Crippen LogP contribution in [-0.2, 0) is 11.2 Å². The van der Waals surface area contributed by atoms with Crippen molar-refractivity contribution < 1.29 is 14.6 Å². The van der Waals surface area contributed by atoms with Gasteiger partial charge in [-0.05, 0) is 44.9 Å². The minimum Gasteiger partial charge on any atom is -0.497 e. The number of carbonyl (C=O) groups excluding carboxylic acids is 1. The highest BCUT2D eigenvalue weighted by Crippen LogP contribution is 2.17. The Balaban J connectivity index is 2.67. The van der Waals surface area contributed by atoms with Crippen LogP contribution in [0, 0.1) is 5.92 Å². The van der Waals surface area contributed by atoms with E-state index < -0.39 is 5.60 Å². The summed E-state index contributed by atoms with van der Waals surface area (Å²) in [5.74, 6) is 0.783. The van der Waals surface area contributed by atoms with E-state index in [2.05, 4.69) is 0 Å². The number of methoxy groups -OCH3 is 1. The van der Waals surface area contributed by atoms with Gasteiger partial charge < -0.3 is 14.7 Å². The van der Waals surface area contributed by atoms with Crippen LogP contribution in [0.4, 0.5) is 0 Å². The van der Waals surface area contributed by atoms with Crippen LogP contribution >= 0.6 is 0 Å². The number of hydrogen-bond acceptors (Lipinski definition) is 3. The molecule has 1 aromatic rings. The quantitative estimate of drug-likeness (QED) is 0.840. The Labute approximate surface area is 127 Å². The number of amides is 1. The maximum Gasteiger partial charge on any atom is 0.225 e. The molecule has 1 rings (SSSR count). The van der Waals surface area contributed by atoms with Gasteiger partial charge in [-0.3, -0.25) is 4.79 Å². The van der Waals surface area contributed by atoms with Crippen LogP contribution in [0.2, 0.25) is 0 Å². The summed E-state index contributed by atoms with van der Waals surface area (Å²) in [7, 11) is 1.64. The first-order chi connectivity index (χ1) is 9.76. The van der Waals surface area contributed by atoms with E-state index in [4.69, 9.17) is 4.74 Å². The van der Waals surface area contributed by atoms with Gasteiger partial charge in [-0.25, -0.2) is 0 Å². The summed E-state index contributed by atoms with van der Waals surface area (Å²) in [6.45, 7) is 8.27. The van der Waals surface area contributed by atoms with Gasteiger partial charge in [-0.1, -0.05) is 19.1 Å². The van der Waals surface area contributed by atoms with Crippen LogP contribution in [0.25, 0.3) is 0 Å². The Morgan fingerprint density at radius 1 is 1.33 bits per heavy atom. The lowest BCUT2D eigenvalue weighted by Gasteiger charge is -2.30. The summed E-state index contributed by atoms with van der Waals surface area (Å²) >= 11 is 0. The zero-order valence-electron chi connectivity index (χ0n) is 13.7. The number of aliphatic hydroxyl groups is 1. The van der Waals surface area contributed by atoms with E-state index in [0.29, 0.717) is 19.5 Å². The summed E-state index contributed by atoms with van der Waals surface area (Å²) in [6, 6.07) is 7.77. The standard InChI is InChI=1S/C17H27NO3/c1-6-18(12-17(3,4)20)16(19)13(2)11-14-7-9-15(21-5)10-8-14/h7-10,13,20H,6,11-12H2,1-5H3. The number of ether oxygens (including phenoxy) is 1. The molecule has 21 heavy (non-hydrogen) atoms. The van der Waals surface area contributed by atoms with Gasteiger partial charge in [-0.2, -0.15) is 0 Å².